The van der Waals surface area contributed by atoms with Gasteiger partial charge in [-0.2, -0.15) is 0 Å². The smallest absolute Gasteiger partial charge is 0.160 e. The van der Waals surface area contributed by atoms with Crippen LogP contribution in [0.15, 0.2) is 27.6 Å². The minimum Gasteiger partial charge on any atom is -0.294 e. The van der Waals surface area contributed by atoms with E-state index in [0.717, 1.165) is 14.9 Å². The summed E-state index contributed by atoms with van der Waals surface area (Å²) < 4.78 is 1.05. The second kappa shape index (κ2) is 5.37. The maximum absolute atomic E-state index is 11.5. The Bertz CT molecular complexity index is 397. The van der Waals surface area contributed by atoms with Crippen LogP contribution in [-0.2, 0) is 0 Å². The Morgan fingerprint density at radius 3 is 2.69 bits per heavy atom. The third kappa shape index (κ3) is 2.89. The summed E-state index contributed by atoms with van der Waals surface area (Å²) in [5.74, 6) is 0.160. The molecule has 0 unspecified atom stereocenters. The number of hydrogen-bond acceptors (Lipinski definition) is 2. The van der Waals surface area contributed by atoms with Crippen molar-refractivity contribution in [1.29, 1.82) is 0 Å². The van der Waals surface area contributed by atoms with Gasteiger partial charge in [-0.05, 0) is 38.0 Å². The van der Waals surface area contributed by atoms with Gasteiger partial charge in [0, 0.05) is 20.2 Å². The number of ketones is 1. The standard InChI is InChI=1S/C13H15BrOS/c1-9(15)12-7-6-10(14)8-13(12)16-11-4-2-3-5-11/h6-8,11H,2-5H2,1H3. The number of rotatable bonds is 3. The van der Waals surface area contributed by atoms with E-state index in [9.17, 15) is 4.79 Å². The van der Waals surface area contributed by atoms with Crippen LogP contribution in [0.2, 0.25) is 0 Å². The zero-order chi connectivity index (χ0) is 11.5. The lowest BCUT2D eigenvalue weighted by Crippen LogP contribution is -1.99. The summed E-state index contributed by atoms with van der Waals surface area (Å²) in [6.07, 6.45) is 5.24. The van der Waals surface area contributed by atoms with Crippen LogP contribution in [0.1, 0.15) is 43.0 Å². The van der Waals surface area contributed by atoms with Gasteiger partial charge in [0.2, 0.25) is 0 Å². The molecule has 1 aliphatic rings. The molecule has 0 radical (unpaired) electrons. The van der Waals surface area contributed by atoms with Crippen molar-refractivity contribution in [2.45, 2.75) is 42.8 Å². The number of halogens is 1. The summed E-state index contributed by atoms with van der Waals surface area (Å²) in [5, 5.41) is 0.701. The SMILES string of the molecule is CC(=O)c1ccc(Br)cc1SC1CCCC1. The molecule has 0 aromatic heterocycles. The van der Waals surface area contributed by atoms with Crippen molar-refractivity contribution in [3.8, 4) is 0 Å². The molecule has 0 spiro atoms. The Balaban J connectivity index is 2.22. The molecule has 0 atom stereocenters. The number of benzene rings is 1. The van der Waals surface area contributed by atoms with Crippen LogP contribution in [0.4, 0.5) is 0 Å². The third-order valence-electron chi connectivity index (χ3n) is 2.92. The average Bonchev–Trinajstić information content (AvgIpc) is 2.70. The predicted molar refractivity (Wildman–Crippen MR) is 72.3 cm³/mol. The van der Waals surface area contributed by atoms with Gasteiger partial charge in [0.15, 0.2) is 5.78 Å². The first-order valence-corrected chi connectivity index (χ1v) is 7.31. The van der Waals surface area contributed by atoms with Crippen molar-refractivity contribution in [3.05, 3.63) is 28.2 Å². The molecule has 2 rings (SSSR count). The monoisotopic (exact) mass is 298 g/mol. The summed E-state index contributed by atoms with van der Waals surface area (Å²) in [7, 11) is 0. The molecule has 0 aliphatic heterocycles. The Labute approximate surface area is 109 Å². The van der Waals surface area contributed by atoms with Gasteiger partial charge in [-0.3, -0.25) is 4.79 Å². The first-order valence-electron chi connectivity index (χ1n) is 5.64. The van der Waals surface area contributed by atoms with Crippen LogP contribution in [0, 0.1) is 0 Å². The second-order valence-corrected chi connectivity index (χ2v) is 6.48. The van der Waals surface area contributed by atoms with Gasteiger partial charge >= 0.3 is 0 Å². The molecule has 1 aromatic rings. The number of hydrogen-bond donors (Lipinski definition) is 0. The minimum absolute atomic E-state index is 0.160. The van der Waals surface area contributed by atoms with Crippen LogP contribution in [0.5, 0.6) is 0 Å². The van der Waals surface area contributed by atoms with Crippen molar-refractivity contribution < 1.29 is 4.79 Å². The molecule has 1 aliphatic carbocycles. The van der Waals surface area contributed by atoms with Gasteiger partial charge in [-0.1, -0.05) is 28.8 Å². The van der Waals surface area contributed by atoms with E-state index in [2.05, 4.69) is 22.0 Å². The molecule has 1 fully saturated rings. The van der Waals surface area contributed by atoms with E-state index < -0.39 is 0 Å². The molecule has 1 aromatic carbocycles. The molecule has 86 valence electrons. The van der Waals surface area contributed by atoms with Crippen molar-refractivity contribution in [2.24, 2.45) is 0 Å². The van der Waals surface area contributed by atoms with Gasteiger partial charge in [-0.25, -0.2) is 0 Å². The molecule has 1 nitrogen and oxygen atoms in total. The fraction of sp³-hybridized carbons (Fsp3) is 0.462. The van der Waals surface area contributed by atoms with E-state index in [1.165, 1.54) is 25.7 Å². The molecule has 0 bridgehead atoms. The highest BCUT2D eigenvalue weighted by Crippen LogP contribution is 2.37. The van der Waals surface area contributed by atoms with E-state index in [1.807, 2.05) is 23.9 Å². The molecule has 0 N–H and O–H groups in total. The lowest BCUT2D eigenvalue weighted by atomic mass is 10.1. The van der Waals surface area contributed by atoms with E-state index in [1.54, 1.807) is 6.92 Å². The number of thioether (sulfide) groups is 1. The molecule has 0 saturated heterocycles. The quantitative estimate of drug-likeness (QED) is 0.753. The van der Waals surface area contributed by atoms with Crippen LogP contribution in [0.25, 0.3) is 0 Å². The highest BCUT2D eigenvalue weighted by atomic mass is 79.9. The normalized spacial score (nSPS) is 16.6. The fourth-order valence-electron chi connectivity index (χ4n) is 2.07. The highest BCUT2D eigenvalue weighted by Gasteiger charge is 2.18. The Kier molecular flexibility index (Phi) is 4.09. The molecule has 16 heavy (non-hydrogen) atoms. The number of carbonyl (C=O) groups is 1. The van der Waals surface area contributed by atoms with Crippen molar-refractivity contribution in [2.75, 3.05) is 0 Å². The third-order valence-corrected chi connectivity index (χ3v) is 4.81. The molecule has 0 heterocycles. The molecular formula is C13H15BrOS. The molecule has 3 heteroatoms. The van der Waals surface area contributed by atoms with Crippen LogP contribution < -0.4 is 0 Å². The van der Waals surface area contributed by atoms with Crippen molar-refractivity contribution in [3.63, 3.8) is 0 Å². The zero-order valence-electron chi connectivity index (χ0n) is 9.33. The maximum Gasteiger partial charge on any atom is 0.160 e. The van der Waals surface area contributed by atoms with Crippen molar-refractivity contribution >= 4 is 33.5 Å². The van der Waals surface area contributed by atoms with Crippen LogP contribution in [0.3, 0.4) is 0 Å². The molecular weight excluding hydrogens is 284 g/mol. The summed E-state index contributed by atoms with van der Waals surface area (Å²) in [6.45, 7) is 1.64. The Morgan fingerprint density at radius 1 is 1.38 bits per heavy atom. The largest absolute Gasteiger partial charge is 0.294 e. The van der Waals surface area contributed by atoms with E-state index in [-0.39, 0.29) is 5.78 Å². The summed E-state index contributed by atoms with van der Waals surface area (Å²) in [6, 6.07) is 5.93. The highest BCUT2D eigenvalue weighted by molar-refractivity contribution is 9.10. The van der Waals surface area contributed by atoms with E-state index >= 15 is 0 Å². The fourth-order valence-corrected chi connectivity index (χ4v) is 4.04. The minimum atomic E-state index is 0.160. The predicted octanol–water partition coefficient (Wildman–Crippen LogP) is 4.69. The van der Waals surface area contributed by atoms with Gasteiger partial charge in [-0.15, -0.1) is 11.8 Å². The van der Waals surface area contributed by atoms with E-state index in [4.69, 9.17) is 0 Å². The topological polar surface area (TPSA) is 17.1 Å². The van der Waals surface area contributed by atoms with Crippen molar-refractivity contribution in [1.82, 2.24) is 0 Å². The van der Waals surface area contributed by atoms with Crippen LogP contribution >= 0.6 is 27.7 Å². The maximum atomic E-state index is 11.5. The first-order chi connectivity index (χ1) is 7.66. The van der Waals surface area contributed by atoms with Gasteiger partial charge in [0.25, 0.3) is 0 Å². The van der Waals surface area contributed by atoms with Gasteiger partial charge in [0.05, 0.1) is 0 Å². The zero-order valence-corrected chi connectivity index (χ0v) is 11.7. The first kappa shape index (κ1) is 12.2. The molecule has 0 amide bonds. The Hall–Kier alpha value is -0.280. The lowest BCUT2D eigenvalue weighted by Gasteiger charge is -2.12. The summed E-state index contributed by atoms with van der Waals surface area (Å²) >= 11 is 5.34. The Morgan fingerprint density at radius 2 is 2.06 bits per heavy atom. The van der Waals surface area contributed by atoms with E-state index in [0.29, 0.717) is 5.25 Å². The summed E-state index contributed by atoms with van der Waals surface area (Å²) in [5.41, 5.74) is 0.861. The van der Waals surface area contributed by atoms with Gasteiger partial charge in [0.1, 0.15) is 0 Å². The average molecular weight is 299 g/mol. The lowest BCUT2D eigenvalue weighted by molar-refractivity contribution is 0.101. The number of Topliss-reactive ketones (excluding diaryl/α,β-unsaturated/α-hetero) is 1. The number of carbonyl (C=O) groups excluding carboxylic acids is 1. The second-order valence-electron chi connectivity index (χ2n) is 4.22. The van der Waals surface area contributed by atoms with Crippen LogP contribution in [-0.4, -0.2) is 11.0 Å². The molecule has 1 saturated carbocycles. The van der Waals surface area contributed by atoms with Gasteiger partial charge < -0.3 is 0 Å². The summed E-state index contributed by atoms with van der Waals surface area (Å²) in [4.78, 5) is 12.7.